The Hall–Kier alpha value is -3.09. The lowest BCUT2D eigenvalue weighted by atomic mass is 9.99. The van der Waals surface area contributed by atoms with Crippen LogP contribution in [0.5, 0.6) is 0 Å². The Morgan fingerprint density at radius 2 is 1.72 bits per heavy atom. The quantitative estimate of drug-likeness (QED) is 0.154. The number of aromatic nitrogens is 2. The molecule has 4 aromatic rings. The van der Waals surface area contributed by atoms with Gasteiger partial charge in [0.1, 0.15) is 0 Å². The molecular formula is C28H32N3O4P. The number of unbranched alkanes of at least 4 members (excludes halogenated alkanes) is 1. The number of hydrogen-bond donors (Lipinski definition) is 3. The third-order valence-corrected chi connectivity index (χ3v) is 6.94. The van der Waals surface area contributed by atoms with Gasteiger partial charge in [0.15, 0.2) is 0 Å². The van der Waals surface area contributed by atoms with E-state index in [1.54, 1.807) is 0 Å². The number of nitrogens with one attached hydrogen (secondary N) is 1. The molecule has 3 aromatic carbocycles. The molecule has 36 heavy (non-hydrogen) atoms. The summed E-state index contributed by atoms with van der Waals surface area (Å²) in [5, 5.41) is 14.0. The predicted octanol–water partition coefficient (Wildman–Crippen LogP) is 6.28. The molecule has 0 saturated carbocycles. The van der Waals surface area contributed by atoms with Gasteiger partial charge >= 0.3 is 7.60 Å². The van der Waals surface area contributed by atoms with Crippen molar-refractivity contribution < 1.29 is 18.8 Å². The van der Waals surface area contributed by atoms with Crippen molar-refractivity contribution in [2.75, 3.05) is 12.7 Å². The van der Waals surface area contributed by atoms with Crippen LogP contribution in [0.2, 0.25) is 0 Å². The molecule has 0 bridgehead atoms. The zero-order valence-electron chi connectivity index (χ0n) is 20.4. The van der Waals surface area contributed by atoms with Crippen molar-refractivity contribution in [2.24, 2.45) is 0 Å². The Balaban J connectivity index is 1.56. The first-order chi connectivity index (χ1) is 17.4. The van der Waals surface area contributed by atoms with Gasteiger partial charge in [-0.15, -0.1) is 10.2 Å². The Morgan fingerprint density at radius 1 is 0.972 bits per heavy atom. The average molecular weight is 506 g/mol. The fourth-order valence-electron chi connectivity index (χ4n) is 4.21. The summed E-state index contributed by atoms with van der Waals surface area (Å²) in [6, 6.07) is 22.4. The molecule has 1 heterocycles. The van der Waals surface area contributed by atoms with Crippen LogP contribution < -0.4 is 5.32 Å². The van der Waals surface area contributed by atoms with Gasteiger partial charge in [-0.3, -0.25) is 4.57 Å². The minimum Gasteiger partial charge on any atom is -0.417 e. The Bertz CT molecular complexity index is 1360. The van der Waals surface area contributed by atoms with E-state index < -0.39 is 7.60 Å². The molecule has 7 nitrogen and oxygen atoms in total. The minimum absolute atomic E-state index is 0.113. The van der Waals surface area contributed by atoms with E-state index >= 15 is 0 Å². The highest BCUT2D eigenvalue weighted by Crippen LogP contribution is 2.35. The smallest absolute Gasteiger partial charge is 0.325 e. The lowest BCUT2D eigenvalue weighted by Crippen LogP contribution is -2.16. The number of hydrogen-bond acceptors (Lipinski definition) is 5. The molecular weight excluding hydrogens is 473 g/mol. The molecule has 0 unspecified atom stereocenters. The largest absolute Gasteiger partial charge is 0.417 e. The van der Waals surface area contributed by atoms with Crippen LogP contribution >= 0.6 is 7.60 Å². The fraction of sp³-hybridized carbons (Fsp3) is 0.286. The number of allylic oxidation sites excluding steroid dienone is 1. The van der Waals surface area contributed by atoms with Gasteiger partial charge in [-0.1, -0.05) is 74.0 Å². The van der Waals surface area contributed by atoms with Crippen LogP contribution in [0.3, 0.4) is 0 Å². The standard InChI is InChI=1S/C28H32N3O4P/c1-2-3-10-22(21-11-5-4-6-12-21)19-27-30-31-28(35-27)26-16-15-23(24-13-7-8-14-25(24)26)20-29-17-9-18-36(32,33)34/h4-8,11-16,19,29H,2-3,9-10,17-18,20H2,1H3,(H2,32,33,34)/b22-19+. The molecule has 4 rings (SSSR count). The van der Waals surface area contributed by atoms with Crippen LogP contribution in [-0.4, -0.2) is 32.7 Å². The van der Waals surface area contributed by atoms with E-state index in [2.05, 4.69) is 40.6 Å². The van der Waals surface area contributed by atoms with Crippen molar-refractivity contribution in [1.29, 1.82) is 0 Å². The first-order valence-corrected chi connectivity index (χ1v) is 14.1. The monoisotopic (exact) mass is 505 g/mol. The van der Waals surface area contributed by atoms with Crippen molar-refractivity contribution in [3.63, 3.8) is 0 Å². The van der Waals surface area contributed by atoms with Gasteiger partial charge in [-0.05, 0) is 59.3 Å². The van der Waals surface area contributed by atoms with Gasteiger partial charge in [-0.25, -0.2) is 0 Å². The van der Waals surface area contributed by atoms with Gasteiger partial charge in [0.2, 0.25) is 11.8 Å². The summed E-state index contributed by atoms with van der Waals surface area (Å²) in [5.41, 5.74) is 4.31. The van der Waals surface area contributed by atoms with E-state index in [0.29, 0.717) is 31.3 Å². The second-order valence-electron chi connectivity index (χ2n) is 8.82. The average Bonchev–Trinajstić information content (AvgIpc) is 3.34. The first-order valence-electron chi connectivity index (χ1n) is 12.3. The van der Waals surface area contributed by atoms with Crippen molar-refractivity contribution in [3.8, 4) is 11.5 Å². The molecule has 0 aliphatic rings. The third-order valence-electron chi connectivity index (χ3n) is 6.05. The van der Waals surface area contributed by atoms with E-state index in [4.69, 9.17) is 14.2 Å². The summed E-state index contributed by atoms with van der Waals surface area (Å²) in [6.45, 7) is 3.31. The van der Waals surface area contributed by atoms with Crippen molar-refractivity contribution in [1.82, 2.24) is 15.5 Å². The topological polar surface area (TPSA) is 108 Å². The Labute approximate surface area is 211 Å². The molecule has 0 fully saturated rings. The highest BCUT2D eigenvalue weighted by molar-refractivity contribution is 7.51. The van der Waals surface area contributed by atoms with Gasteiger partial charge in [0, 0.05) is 18.2 Å². The second-order valence-corrected chi connectivity index (χ2v) is 10.6. The van der Waals surface area contributed by atoms with Gasteiger partial charge < -0.3 is 19.5 Å². The zero-order valence-corrected chi connectivity index (χ0v) is 21.3. The number of rotatable bonds is 12. The highest BCUT2D eigenvalue weighted by atomic mass is 31.2. The lowest BCUT2D eigenvalue weighted by molar-refractivity contribution is 0.371. The summed E-state index contributed by atoms with van der Waals surface area (Å²) >= 11 is 0. The van der Waals surface area contributed by atoms with Crippen molar-refractivity contribution in [3.05, 3.63) is 83.7 Å². The number of benzene rings is 3. The van der Waals surface area contributed by atoms with Gasteiger partial charge in [0.25, 0.3) is 0 Å². The van der Waals surface area contributed by atoms with Gasteiger partial charge in [-0.2, -0.15) is 0 Å². The minimum atomic E-state index is -3.96. The van der Waals surface area contributed by atoms with Crippen LogP contribution in [0, 0.1) is 0 Å². The molecule has 1 aromatic heterocycles. The molecule has 3 N–H and O–H groups in total. The highest BCUT2D eigenvalue weighted by Gasteiger charge is 2.14. The van der Waals surface area contributed by atoms with E-state index in [-0.39, 0.29) is 6.16 Å². The zero-order chi connectivity index (χ0) is 25.4. The van der Waals surface area contributed by atoms with E-state index in [0.717, 1.165) is 46.7 Å². The molecule has 0 atom stereocenters. The Kier molecular flexibility index (Phi) is 8.83. The molecule has 0 saturated heterocycles. The van der Waals surface area contributed by atoms with Crippen LogP contribution in [0.15, 0.2) is 71.1 Å². The molecule has 8 heteroatoms. The van der Waals surface area contributed by atoms with E-state index in [1.165, 1.54) is 5.57 Å². The summed E-state index contributed by atoms with van der Waals surface area (Å²) < 4.78 is 17.1. The molecule has 0 aliphatic carbocycles. The SMILES string of the molecule is CCCC/C(=C\c1nnc(-c2ccc(CNCCCP(=O)(O)O)c3ccccc23)o1)c1ccccc1. The van der Waals surface area contributed by atoms with E-state index in [1.807, 2.05) is 54.6 Å². The van der Waals surface area contributed by atoms with Gasteiger partial charge in [0.05, 0.1) is 6.16 Å². The second kappa shape index (κ2) is 12.2. The maximum atomic E-state index is 11.0. The maximum Gasteiger partial charge on any atom is 0.325 e. The molecule has 188 valence electrons. The third kappa shape index (κ3) is 6.99. The van der Waals surface area contributed by atoms with Crippen molar-refractivity contribution in [2.45, 2.75) is 39.2 Å². The van der Waals surface area contributed by atoms with Crippen LogP contribution in [0.25, 0.3) is 33.9 Å². The predicted molar refractivity (Wildman–Crippen MR) is 144 cm³/mol. The number of nitrogens with zero attached hydrogens (tertiary/aromatic N) is 2. The fourth-order valence-corrected chi connectivity index (χ4v) is 4.78. The van der Waals surface area contributed by atoms with Crippen molar-refractivity contribution >= 4 is 30.0 Å². The normalized spacial score (nSPS) is 12.4. The molecule has 0 amide bonds. The Morgan fingerprint density at radius 3 is 2.47 bits per heavy atom. The summed E-state index contributed by atoms with van der Waals surface area (Å²) in [7, 11) is -3.96. The molecule has 0 aliphatic heterocycles. The number of fused-ring (bicyclic) bond motifs is 1. The van der Waals surface area contributed by atoms with Crippen LogP contribution in [-0.2, 0) is 11.1 Å². The summed E-state index contributed by atoms with van der Waals surface area (Å²) in [6.07, 6.45) is 5.42. The lowest BCUT2D eigenvalue weighted by Gasteiger charge is -2.11. The van der Waals surface area contributed by atoms with E-state index in [9.17, 15) is 4.57 Å². The molecule has 0 spiro atoms. The summed E-state index contributed by atoms with van der Waals surface area (Å²) in [5.74, 6) is 0.960. The van der Waals surface area contributed by atoms with Crippen LogP contribution in [0.4, 0.5) is 0 Å². The first kappa shape index (κ1) is 26.0. The summed E-state index contributed by atoms with van der Waals surface area (Å²) in [4.78, 5) is 18.0. The maximum absolute atomic E-state index is 11.0. The van der Waals surface area contributed by atoms with Crippen LogP contribution in [0.1, 0.15) is 49.6 Å². The molecule has 0 radical (unpaired) electrons.